The maximum absolute atomic E-state index is 13.8. The van der Waals surface area contributed by atoms with E-state index in [1.807, 2.05) is 0 Å². The van der Waals surface area contributed by atoms with Gasteiger partial charge in [-0.15, -0.1) is 0 Å². The summed E-state index contributed by atoms with van der Waals surface area (Å²) in [6.45, 7) is -0.461. The van der Waals surface area contributed by atoms with Gasteiger partial charge >= 0.3 is 6.18 Å². The molecule has 0 unspecified atom stereocenters. The van der Waals surface area contributed by atoms with Gasteiger partial charge in [0, 0.05) is 30.0 Å². The van der Waals surface area contributed by atoms with Crippen molar-refractivity contribution < 1.29 is 39.6 Å². The predicted octanol–water partition coefficient (Wildman–Crippen LogP) is 3.32. The van der Waals surface area contributed by atoms with Crippen molar-refractivity contribution >= 4 is 21.6 Å². The zero-order valence-corrected chi connectivity index (χ0v) is 18.5. The van der Waals surface area contributed by atoms with Gasteiger partial charge in [0.15, 0.2) is 9.84 Å². The monoisotopic (exact) mass is 505 g/mol. The summed E-state index contributed by atoms with van der Waals surface area (Å²) in [5, 5.41) is 5.99. The van der Waals surface area contributed by atoms with Gasteiger partial charge in [-0.1, -0.05) is 6.08 Å². The second-order valence-corrected chi connectivity index (χ2v) is 9.59. The molecule has 1 aromatic carbocycles. The molecule has 1 atom stereocenters. The van der Waals surface area contributed by atoms with Crippen molar-refractivity contribution in [3.05, 3.63) is 58.6 Å². The van der Waals surface area contributed by atoms with Crippen LogP contribution in [0.5, 0.6) is 5.75 Å². The summed E-state index contributed by atoms with van der Waals surface area (Å²) in [5.74, 6) is -4.09. The number of hydrogen-bond donors (Lipinski definition) is 2. The van der Waals surface area contributed by atoms with Gasteiger partial charge in [-0.2, -0.15) is 13.2 Å². The van der Waals surface area contributed by atoms with Crippen LogP contribution in [-0.2, 0) is 22.6 Å². The first kappa shape index (κ1) is 21.3. The molecular weight excluding hydrogens is 480 g/mol. The topological polar surface area (TPSA) is 110 Å². The normalized spacial score (nSPS) is 16.9. The largest absolute Gasteiger partial charge is 0.496 e. The van der Waals surface area contributed by atoms with Crippen LogP contribution in [0.25, 0.3) is 0 Å². The summed E-state index contributed by atoms with van der Waals surface area (Å²) in [7, 11) is -6.37. The average molecular weight is 506 g/mol. The standard InChI is InChI=1S/C21H22F4N4O4S/c1-33-17-6-5-14(22)9-13(17)10-26-18-15(11-27-20(29-18)21(23,24)25)19(30)28-16(12-3-4-12)7-8-34(2,31)32/h5-9,11-12,16H,3-4,10H2,1-2H3,(H,28,30)(H,26,27,29)/b8-7+/t16-/m1/s1/i1D3. The van der Waals surface area contributed by atoms with E-state index in [1.54, 1.807) is 0 Å². The number of rotatable bonds is 9. The number of amides is 1. The summed E-state index contributed by atoms with van der Waals surface area (Å²) in [6.07, 6.45) is -0.623. The maximum atomic E-state index is 13.8. The SMILES string of the molecule is [2H]C([2H])([2H])Oc1ccc(F)cc1CNc1nc(C(F)(F)F)ncc1C(=O)N[C@H](/C=C/S(C)(=O)=O)C1CC1. The Kier molecular flexibility index (Phi) is 6.24. The molecule has 1 aromatic heterocycles. The number of sulfone groups is 1. The molecule has 1 saturated carbocycles. The second kappa shape index (κ2) is 9.95. The van der Waals surface area contributed by atoms with Gasteiger partial charge in [0.1, 0.15) is 22.9 Å². The number of nitrogens with zero attached hydrogens (tertiary/aromatic N) is 2. The summed E-state index contributed by atoms with van der Waals surface area (Å²) >= 11 is 0. The Bertz CT molecular complexity index is 1300. The number of nitrogens with one attached hydrogen (secondary N) is 2. The highest BCUT2D eigenvalue weighted by atomic mass is 32.2. The van der Waals surface area contributed by atoms with Crippen molar-refractivity contribution in [2.45, 2.75) is 31.6 Å². The van der Waals surface area contributed by atoms with Crippen molar-refractivity contribution in [1.29, 1.82) is 0 Å². The highest BCUT2D eigenvalue weighted by Gasteiger charge is 2.36. The molecule has 2 N–H and O–H groups in total. The zero-order chi connectivity index (χ0) is 27.6. The molecule has 1 aliphatic rings. The Morgan fingerprint density at radius 2 is 2.12 bits per heavy atom. The van der Waals surface area contributed by atoms with E-state index in [0.29, 0.717) is 19.0 Å². The Morgan fingerprint density at radius 3 is 2.74 bits per heavy atom. The molecule has 1 fully saturated rings. The first-order valence-electron chi connectivity index (χ1n) is 11.4. The number of alkyl halides is 3. The molecule has 13 heteroatoms. The number of halogens is 4. The van der Waals surface area contributed by atoms with Crippen LogP contribution >= 0.6 is 0 Å². The molecule has 0 bridgehead atoms. The van der Waals surface area contributed by atoms with E-state index in [9.17, 15) is 30.8 Å². The summed E-state index contributed by atoms with van der Waals surface area (Å²) in [5.41, 5.74) is -0.470. The molecule has 0 aliphatic heterocycles. The maximum Gasteiger partial charge on any atom is 0.451 e. The van der Waals surface area contributed by atoms with Crippen LogP contribution in [0, 0.1) is 11.7 Å². The summed E-state index contributed by atoms with van der Waals surface area (Å²) < 4.78 is 103. The van der Waals surface area contributed by atoms with Gasteiger partial charge in [-0.25, -0.2) is 22.8 Å². The van der Waals surface area contributed by atoms with E-state index in [-0.39, 0.29) is 17.2 Å². The number of benzene rings is 1. The third kappa shape index (κ3) is 6.89. The highest BCUT2D eigenvalue weighted by Crippen LogP contribution is 2.34. The minimum Gasteiger partial charge on any atom is -0.496 e. The van der Waals surface area contributed by atoms with E-state index < -0.39 is 64.6 Å². The molecular formula is C21H22F4N4O4S. The molecule has 1 amide bonds. The fourth-order valence-electron chi connectivity index (χ4n) is 3.02. The number of anilines is 1. The van der Waals surface area contributed by atoms with Gasteiger partial charge in [0.2, 0.25) is 5.82 Å². The molecule has 2 aromatic rings. The number of carbonyl (C=O) groups is 1. The molecule has 1 heterocycles. The van der Waals surface area contributed by atoms with Gasteiger partial charge < -0.3 is 15.4 Å². The highest BCUT2D eigenvalue weighted by molar-refractivity contribution is 7.93. The number of aromatic nitrogens is 2. The lowest BCUT2D eigenvalue weighted by molar-refractivity contribution is -0.144. The third-order valence-corrected chi connectivity index (χ3v) is 5.48. The first-order chi connectivity index (χ1) is 17.0. The minimum atomic E-state index is -4.95. The van der Waals surface area contributed by atoms with Gasteiger partial charge in [0.05, 0.1) is 17.2 Å². The van der Waals surface area contributed by atoms with Crippen LogP contribution in [-0.4, -0.2) is 43.6 Å². The van der Waals surface area contributed by atoms with E-state index in [4.69, 9.17) is 8.85 Å². The fraction of sp³-hybridized carbons (Fsp3) is 0.381. The van der Waals surface area contributed by atoms with Crippen molar-refractivity contribution in [1.82, 2.24) is 15.3 Å². The Balaban J connectivity index is 1.91. The smallest absolute Gasteiger partial charge is 0.451 e. The molecule has 0 spiro atoms. The van der Waals surface area contributed by atoms with E-state index in [2.05, 4.69) is 20.6 Å². The Morgan fingerprint density at radius 1 is 1.38 bits per heavy atom. The molecule has 3 rings (SSSR count). The van der Waals surface area contributed by atoms with Crippen LogP contribution in [0.2, 0.25) is 0 Å². The van der Waals surface area contributed by atoms with Gasteiger partial charge in [-0.3, -0.25) is 4.79 Å². The zero-order valence-electron chi connectivity index (χ0n) is 20.7. The first-order valence-corrected chi connectivity index (χ1v) is 11.8. The molecule has 184 valence electrons. The number of hydrogen-bond acceptors (Lipinski definition) is 7. The fourth-order valence-corrected chi connectivity index (χ4v) is 3.47. The summed E-state index contributed by atoms with van der Waals surface area (Å²) in [4.78, 5) is 19.6. The average Bonchev–Trinajstić information content (AvgIpc) is 3.59. The minimum absolute atomic E-state index is 0.0550. The van der Waals surface area contributed by atoms with Crippen LogP contribution < -0.4 is 15.4 Å². The number of carbonyl (C=O) groups excluding carboxylic acids is 1. The molecule has 8 nitrogen and oxygen atoms in total. The van der Waals surface area contributed by atoms with E-state index in [1.165, 1.54) is 6.08 Å². The molecule has 0 saturated heterocycles. The number of ether oxygens (including phenoxy) is 1. The number of methoxy groups -OCH3 is 1. The lowest BCUT2D eigenvalue weighted by Gasteiger charge is -2.17. The van der Waals surface area contributed by atoms with Crippen molar-refractivity contribution in [3.8, 4) is 5.75 Å². The summed E-state index contributed by atoms with van der Waals surface area (Å²) in [6, 6.07) is 2.19. The van der Waals surface area contributed by atoms with Crippen molar-refractivity contribution in [2.75, 3.05) is 18.6 Å². The Labute approximate surface area is 197 Å². The van der Waals surface area contributed by atoms with Crippen LogP contribution in [0.4, 0.5) is 23.4 Å². The van der Waals surface area contributed by atoms with Crippen LogP contribution in [0.3, 0.4) is 0 Å². The molecule has 0 radical (unpaired) electrons. The quantitative estimate of drug-likeness (QED) is 0.503. The van der Waals surface area contributed by atoms with E-state index in [0.717, 1.165) is 29.9 Å². The lowest BCUT2D eigenvalue weighted by Crippen LogP contribution is -2.36. The van der Waals surface area contributed by atoms with Crippen LogP contribution in [0.15, 0.2) is 35.9 Å². The van der Waals surface area contributed by atoms with E-state index >= 15 is 0 Å². The molecule has 1 aliphatic carbocycles. The van der Waals surface area contributed by atoms with Crippen LogP contribution in [0.1, 0.15) is 38.7 Å². The van der Waals surface area contributed by atoms with Gasteiger partial charge in [-0.05, 0) is 37.0 Å². The third-order valence-electron chi connectivity index (χ3n) is 4.83. The predicted molar refractivity (Wildman–Crippen MR) is 115 cm³/mol. The van der Waals surface area contributed by atoms with Crippen molar-refractivity contribution in [3.63, 3.8) is 0 Å². The van der Waals surface area contributed by atoms with Crippen molar-refractivity contribution in [2.24, 2.45) is 5.92 Å². The second-order valence-electron chi connectivity index (χ2n) is 7.66. The Hall–Kier alpha value is -3.22. The molecule has 34 heavy (non-hydrogen) atoms. The lowest BCUT2D eigenvalue weighted by atomic mass is 10.1. The van der Waals surface area contributed by atoms with Gasteiger partial charge in [0.25, 0.3) is 5.91 Å².